The van der Waals surface area contributed by atoms with Crippen LogP contribution in [0.1, 0.15) is 35.8 Å². The van der Waals surface area contributed by atoms with Gasteiger partial charge in [-0.1, -0.05) is 12.1 Å². The second-order valence-electron chi connectivity index (χ2n) is 6.23. The van der Waals surface area contributed by atoms with Crippen LogP contribution in [0.25, 0.3) is 0 Å². The number of aryl methyl sites for hydroxylation is 1. The molecule has 2 aromatic rings. The van der Waals surface area contributed by atoms with E-state index in [0.29, 0.717) is 0 Å². The summed E-state index contributed by atoms with van der Waals surface area (Å²) in [6, 6.07) is 12.2. The lowest BCUT2D eigenvalue weighted by molar-refractivity contribution is 0.734. The summed E-state index contributed by atoms with van der Waals surface area (Å²) in [5.74, 6) is 0. The minimum atomic E-state index is 0.222. The molecule has 2 N–H and O–H groups in total. The van der Waals surface area contributed by atoms with E-state index in [1.807, 2.05) is 11.3 Å². The summed E-state index contributed by atoms with van der Waals surface area (Å²) in [5.41, 5.74) is 10.0. The Morgan fingerprint density at radius 1 is 1.33 bits per heavy atom. The lowest BCUT2D eigenvalue weighted by atomic mass is 10.0. The minimum Gasteiger partial charge on any atom is -0.363 e. The lowest BCUT2D eigenvalue weighted by Crippen LogP contribution is -2.25. The van der Waals surface area contributed by atoms with E-state index in [0.717, 1.165) is 19.0 Å². The number of anilines is 1. The van der Waals surface area contributed by atoms with Crippen molar-refractivity contribution in [1.29, 1.82) is 0 Å². The number of hydrogen-bond donors (Lipinski definition) is 1. The van der Waals surface area contributed by atoms with E-state index in [2.05, 4.69) is 54.5 Å². The van der Waals surface area contributed by atoms with Crippen LogP contribution >= 0.6 is 11.3 Å². The van der Waals surface area contributed by atoms with Crippen LogP contribution < -0.4 is 10.6 Å². The van der Waals surface area contributed by atoms with Gasteiger partial charge in [0.2, 0.25) is 0 Å². The number of thiophene rings is 1. The van der Waals surface area contributed by atoms with Gasteiger partial charge in [0, 0.05) is 22.6 Å². The smallest absolute Gasteiger partial charge is 0.0525 e. The SMILES string of the molecule is Cc1cc(N(Cc2cccs2)C2CC2)ccc1CC(C)N. The van der Waals surface area contributed by atoms with Crippen molar-refractivity contribution in [2.24, 2.45) is 5.73 Å². The Morgan fingerprint density at radius 2 is 2.14 bits per heavy atom. The fourth-order valence-electron chi connectivity index (χ4n) is 2.82. The van der Waals surface area contributed by atoms with Crippen LogP contribution in [0.2, 0.25) is 0 Å². The van der Waals surface area contributed by atoms with Crippen molar-refractivity contribution in [3.8, 4) is 0 Å². The molecule has 1 aliphatic rings. The van der Waals surface area contributed by atoms with Crippen LogP contribution in [0.15, 0.2) is 35.7 Å². The molecule has 1 aromatic carbocycles. The molecule has 2 nitrogen and oxygen atoms in total. The van der Waals surface area contributed by atoms with Crippen LogP contribution in [-0.2, 0) is 13.0 Å². The number of nitrogens with two attached hydrogens (primary N) is 1. The normalized spacial score (nSPS) is 16.0. The van der Waals surface area contributed by atoms with E-state index < -0.39 is 0 Å². The number of rotatable bonds is 6. The highest BCUT2D eigenvalue weighted by Gasteiger charge is 2.29. The molecule has 0 aliphatic heterocycles. The molecular formula is C18H24N2S. The minimum absolute atomic E-state index is 0.222. The summed E-state index contributed by atoms with van der Waals surface area (Å²) in [6.45, 7) is 5.31. The van der Waals surface area contributed by atoms with Gasteiger partial charge in [-0.15, -0.1) is 11.3 Å². The van der Waals surface area contributed by atoms with E-state index in [4.69, 9.17) is 5.73 Å². The molecule has 0 amide bonds. The molecule has 1 heterocycles. The molecule has 112 valence electrons. The van der Waals surface area contributed by atoms with Crippen molar-refractivity contribution >= 4 is 17.0 Å². The average molecular weight is 300 g/mol. The molecule has 1 atom stereocenters. The molecule has 1 fully saturated rings. The van der Waals surface area contributed by atoms with Crippen LogP contribution in [0.4, 0.5) is 5.69 Å². The fraction of sp³-hybridized carbons (Fsp3) is 0.444. The number of benzene rings is 1. The Bertz CT molecular complexity index is 585. The summed E-state index contributed by atoms with van der Waals surface area (Å²) in [5, 5.41) is 2.16. The summed E-state index contributed by atoms with van der Waals surface area (Å²) >= 11 is 1.85. The molecule has 3 rings (SSSR count). The van der Waals surface area contributed by atoms with Crippen molar-refractivity contribution in [1.82, 2.24) is 0 Å². The zero-order chi connectivity index (χ0) is 14.8. The molecule has 21 heavy (non-hydrogen) atoms. The van der Waals surface area contributed by atoms with Crippen LogP contribution in [0.5, 0.6) is 0 Å². The maximum atomic E-state index is 5.93. The molecule has 0 saturated heterocycles. The van der Waals surface area contributed by atoms with E-state index in [1.54, 1.807) is 0 Å². The molecule has 0 bridgehead atoms. The molecule has 1 unspecified atom stereocenters. The van der Waals surface area contributed by atoms with Gasteiger partial charge in [-0.2, -0.15) is 0 Å². The first-order valence-electron chi connectivity index (χ1n) is 7.77. The van der Waals surface area contributed by atoms with Gasteiger partial charge in [0.05, 0.1) is 6.54 Å². The zero-order valence-electron chi connectivity index (χ0n) is 12.9. The third-order valence-electron chi connectivity index (χ3n) is 4.09. The largest absolute Gasteiger partial charge is 0.363 e. The maximum Gasteiger partial charge on any atom is 0.0525 e. The van der Waals surface area contributed by atoms with Crippen molar-refractivity contribution in [2.75, 3.05) is 4.90 Å². The third kappa shape index (κ3) is 3.66. The Hall–Kier alpha value is -1.32. The first-order chi connectivity index (χ1) is 10.1. The van der Waals surface area contributed by atoms with Gasteiger partial charge in [0.15, 0.2) is 0 Å². The predicted molar refractivity (Wildman–Crippen MR) is 92.1 cm³/mol. The van der Waals surface area contributed by atoms with Crippen molar-refractivity contribution in [3.63, 3.8) is 0 Å². The Kier molecular flexibility index (Phi) is 4.32. The number of hydrogen-bond acceptors (Lipinski definition) is 3. The van der Waals surface area contributed by atoms with Crippen LogP contribution in [0, 0.1) is 6.92 Å². The predicted octanol–water partition coefficient (Wildman–Crippen LogP) is 4.12. The molecule has 1 aromatic heterocycles. The standard InChI is InChI=1S/C18H24N2S/c1-13-10-17(6-5-15(13)11-14(2)19)20(16-7-8-16)12-18-4-3-9-21-18/h3-6,9-10,14,16H,7-8,11-12,19H2,1-2H3. The Labute approximate surface area is 131 Å². The molecule has 1 aliphatic carbocycles. The van der Waals surface area contributed by atoms with E-state index in [9.17, 15) is 0 Å². The monoisotopic (exact) mass is 300 g/mol. The lowest BCUT2D eigenvalue weighted by Gasteiger charge is -2.25. The number of nitrogens with zero attached hydrogens (tertiary/aromatic N) is 1. The zero-order valence-corrected chi connectivity index (χ0v) is 13.7. The Morgan fingerprint density at radius 3 is 2.71 bits per heavy atom. The van der Waals surface area contributed by atoms with Crippen molar-refractivity contribution in [3.05, 3.63) is 51.7 Å². The summed E-state index contributed by atoms with van der Waals surface area (Å²) in [7, 11) is 0. The van der Waals surface area contributed by atoms with Gasteiger partial charge < -0.3 is 10.6 Å². The topological polar surface area (TPSA) is 29.3 Å². The second kappa shape index (κ2) is 6.20. The fourth-order valence-corrected chi connectivity index (χ4v) is 3.53. The summed E-state index contributed by atoms with van der Waals surface area (Å²) in [4.78, 5) is 4.01. The van der Waals surface area contributed by atoms with Crippen LogP contribution in [0.3, 0.4) is 0 Å². The van der Waals surface area contributed by atoms with Crippen molar-refractivity contribution in [2.45, 2.75) is 51.7 Å². The molecule has 3 heteroatoms. The quantitative estimate of drug-likeness (QED) is 0.869. The van der Waals surface area contributed by atoms with E-state index in [1.165, 1.54) is 34.5 Å². The highest BCUT2D eigenvalue weighted by Crippen LogP contribution is 2.34. The van der Waals surface area contributed by atoms with Crippen molar-refractivity contribution < 1.29 is 0 Å². The molecule has 0 radical (unpaired) electrons. The first kappa shape index (κ1) is 14.6. The van der Waals surface area contributed by atoms with Gasteiger partial charge >= 0.3 is 0 Å². The second-order valence-corrected chi connectivity index (χ2v) is 7.26. The van der Waals surface area contributed by atoms with Gasteiger partial charge in [-0.3, -0.25) is 0 Å². The van der Waals surface area contributed by atoms with Gasteiger partial charge in [-0.05, 0) is 67.8 Å². The highest BCUT2D eigenvalue weighted by atomic mass is 32.1. The summed E-state index contributed by atoms with van der Waals surface area (Å²) in [6.07, 6.45) is 3.61. The Balaban J connectivity index is 1.81. The molecule has 1 saturated carbocycles. The van der Waals surface area contributed by atoms with Gasteiger partial charge in [0.1, 0.15) is 0 Å². The summed E-state index contributed by atoms with van der Waals surface area (Å²) < 4.78 is 0. The van der Waals surface area contributed by atoms with E-state index in [-0.39, 0.29) is 6.04 Å². The van der Waals surface area contributed by atoms with Gasteiger partial charge in [-0.25, -0.2) is 0 Å². The van der Waals surface area contributed by atoms with E-state index >= 15 is 0 Å². The average Bonchev–Trinajstić information content (AvgIpc) is 3.15. The highest BCUT2D eigenvalue weighted by molar-refractivity contribution is 7.09. The molecule has 0 spiro atoms. The molecular weight excluding hydrogens is 276 g/mol. The van der Waals surface area contributed by atoms with Crippen LogP contribution in [-0.4, -0.2) is 12.1 Å². The first-order valence-corrected chi connectivity index (χ1v) is 8.65. The maximum absolute atomic E-state index is 5.93. The van der Waals surface area contributed by atoms with Gasteiger partial charge in [0.25, 0.3) is 0 Å². The third-order valence-corrected chi connectivity index (χ3v) is 4.95.